The number of likely N-dealkylation sites (N-methyl/N-ethyl adjacent to an activating group) is 1. The highest BCUT2D eigenvalue weighted by molar-refractivity contribution is 5.92. The van der Waals surface area contributed by atoms with Crippen LogP contribution in [0, 0.1) is 12.8 Å². The lowest BCUT2D eigenvalue weighted by Crippen LogP contribution is -2.53. The summed E-state index contributed by atoms with van der Waals surface area (Å²) in [6, 6.07) is 5.40. The molecule has 0 heterocycles. The SMILES string of the molecule is CCOC(=O)CCNC(=O)C(c1ccccc1C)N(C)C(=O)C(NC(=O)OC(C)(C)C)C(C)C. The van der Waals surface area contributed by atoms with Gasteiger partial charge < -0.3 is 25.0 Å². The Kier molecular flexibility index (Phi) is 11.0. The van der Waals surface area contributed by atoms with Crippen LogP contribution in [0.3, 0.4) is 0 Å². The van der Waals surface area contributed by atoms with Crippen molar-refractivity contribution in [1.82, 2.24) is 15.5 Å². The summed E-state index contributed by atoms with van der Waals surface area (Å²) < 4.78 is 10.2. The number of esters is 1. The number of aryl methyl sites for hydroxylation is 1. The number of amides is 3. The number of ether oxygens (including phenoxy) is 2. The third kappa shape index (κ3) is 9.03. The van der Waals surface area contributed by atoms with Gasteiger partial charge in [-0.15, -0.1) is 0 Å². The molecule has 1 rings (SSSR count). The Morgan fingerprint density at radius 2 is 1.71 bits per heavy atom. The molecule has 0 aliphatic carbocycles. The Bertz CT molecular complexity index is 862. The van der Waals surface area contributed by atoms with E-state index in [1.807, 2.05) is 19.1 Å². The molecule has 1 aromatic carbocycles. The highest BCUT2D eigenvalue weighted by Crippen LogP contribution is 2.25. The molecule has 3 amide bonds. The van der Waals surface area contributed by atoms with Gasteiger partial charge in [-0.25, -0.2) is 4.79 Å². The number of rotatable bonds is 10. The molecule has 0 saturated heterocycles. The van der Waals surface area contributed by atoms with Crippen LogP contribution in [0.5, 0.6) is 0 Å². The van der Waals surface area contributed by atoms with Crippen molar-refractivity contribution in [3.05, 3.63) is 35.4 Å². The van der Waals surface area contributed by atoms with Crippen molar-refractivity contribution >= 4 is 23.9 Å². The Balaban J connectivity index is 3.15. The summed E-state index contributed by atoms with van der Waals surface area (Å²) in [6.45, 7) is 12.7. The predicted molar refractivity (Wildman–Crippen MR) is 129 cm³/mol. The van der Waals surface area contributed by atoms with Crippen molar-refractivity contribution in [3.8, 4) is 0 Å². The molecule has 0 aliphatic rings. The third-order valence-corrected chi connectivity index (χ3v) is 5.00. The van der Waals surface area contributed by atoms with Gasteiger partial charge in [-0.1, -0.05) is 38.1 Å². The second kappa shape index (κ2) is 13.0. The van der Waals surface area contributed by atoms with Crippen molar-refractivity contribution in [2.75, 3.05) is 20.2 Å². The number of nitrogens with zero attached hydrogens (tertiary/aromatic N) is 1. The number of benzene rings is 1. The molecule has 2 N–H and O–H groups in total. The van der Waals surface area contributed by atoms with Crippen LogP contribution in [-0.4, -0.2) is 60.6 Å². The standard InChI is InChI=1S/C25H39N3O6/c1-9-33-19(29)14-15-26-22(30)21(18-13-11-10-12-17(18)4)28(8)23(31)20(16(2)3)27-24(32)34-25(5,6)7/h10-13,16,20-21H,9,14-15H2,1-8H3,(H,26,30)(H,27,32). The molecular formula is C25H39N3O6. The summed E-state index contributed by atoms with van der Waals surface area (Å²) in [4.78, 5) is 52.0. The van der Waals surface area contributed by atoms with Crippen molar-refractivity contribution in [1.29, 1.82) is 0 Å². The van der Waals surface area contributed by atoms with Gasteiger partial charge >= 0.3 is 12.1 Å². The number of alkyl carbamates (subject to hydrolysis) is 1. The first-order valence-electron chi connectivity index (χ1n) is 11.5. The lowest BCUT2D eigenvalue weighted by molar-refractivity contribution is -0.144. The van der Waals surface area contributed by atoms with Gasteiger partial charge in [0.15, 0.2) is 0 Å². The average molecular weight is 478 g/mol. The summed E-state index contributed by atoms with van der Waals surface area (Å²) in [7, 11) is 1.52. The zero-order valence-corrected chi connectivity index (χ0v) is 21.6. The average Bonchev–Trinajstić information content (AvgIpc) is 2.71. The van der Waals surface area contributed by atoms with E-state index in [0.717, 1.165) is 5.56 Å². The minimum Gasteiger partial charge on any atom is -0.466 e. The summed E-state index contributed by atoms with van der Waals surface area (Å²) >= 11 is 0. The van der Waals surface area contributed by atoms with Crippen LogP contribution in [0.1, 0.15) is 65.1 Å². The molecule has 9 nitrogen and oxygen atoms in total. The number of carbonyl (C=O) groups excluding carboxylic acids is 4. The summed E-state index contributed by atoms with van der Waals surface area (Å²) in [5, 5.41) is 5.37. The first kappa shape index (κ1) is 28.9. The van der Waals surface area contributed by atoms with Gasteiger partial charge in [-0.2, -0.15) is 0 Å². The fourth-order valence-corrected chi connectivity index (χ4v) is 3.33. The summed E-state index contributed by atoms with van der Waals surface area (Å²) in [5.41, 5.74) is 0.754. The summed E-state index contributed by atoms with van der Waals surface area (Å²) in [6.07, 6.45) is -0.689. The molecule has 190 valence electrons. The molecule has 2 atom stereocenters. The molecule has 1 aromatic rings. The van der Waals surface area contributed by atoms with E-state index in [4.69, 9.17) is 9.47 Å². The van der Waals surface area contributed by atoms with E-state index in [1.54, 1.807) is 53.7 Å². The Morgan fingerprint density at radius 3 is 2.24 bits per heavy atom. The molecule has 2 unspecified atom stereocenters. The zero-order chi connectivity index (χ0) is 26.1. The number of hydrogen-bond acceptors (Lipinski definition) is 6. The molecule has 9 heteroatoms. The Morgan fingerprint density at radius 1 is 1.09 bits per heavy atom. The fourth-order valence-electron chi connectivity index (χ4n) is 3.33. The van der Waals surface area contributed by atoms with Gasteiger partial charge in [0.1, 0.15) is 17.7 Å². The van der Waals surface area contributed by atoms with Gasteiger partial charge in [0.2, 0.25) is 11.8 Å². The molecule has 0 aromatic heterocycles. The van der Waals surface area contributed by atoms with E-state index >= 15 is 0 Å². The predicted octanol–water partition coefficient (Wildman–Crippen LogP) is 3.11. The van der Waals surface area contributed by atoms with Crippen LogP contribution >= 0.6 is 0 Å². The van der Waals surface area contributed by atoms with Crippen LogP contribution in [0.15, 0.2) is 24.3 Å². The van der Waals surface area contributed by atoms with E-state index in [-0.39, 0.29) is 25.5 Å². The molecule has 0 spiro atoms. The minimum atomic E-state index is -0.961. The van der Waals surface area contributed by atoms with Crippen LogP contribution in [-0.2, 0) is 23.9 Å². The number of hydrogen-bond donors (Lipinski definition) is 2. The zero-order valence-electron chi connectivity index (χ0n) is 21.6. The van der Waals surface area contributed by atoms with E-state index in [2.05, 4.69) is 10.6 Å². The topological polar surface area (TPSA) is 114 Å². The molecule has 0 aliphatic heterocycles. The molecular weight excluding hydrogens is 438 g/mol. The monoisotopic (exact) mass is 477 g/mol. The quantitative estimate of drug-likeness (QED) is 0.501. The fraction of sp³-hybridized carbons (Fsp3) is 0.600. The molecule has 34 heavy (non-hydrogen) atoms. The lowest BCUT2D eigenvalue weighted by atomic mass is 9.97. The van der Waals surface area contributed by atoms with Crippen molar-refractivity contribution in [2.24, 2.45) is 5.92 Å². The highest BCUT2D eigenvalue weighted by atomic mass is 16.6. The number of nitrogens with one attached hydrogen (secondary N) is 2. The lowest BCUT2D eigenvalue weighted by Gasteiger charge is -2.33. The second-order valence-corrected chi connectivity index (χ2v) is 9.42. The molecule has 0 bridgehead atoms. The van der Waals surface area contributed by atoms with Gasteiger partial charge in [0, 0.05) is 13.6 Å². The van der Waals surface area contributed by atoms with Crippen molar-refractivity contribution in [3.63, 3.8) is 0 Å². The Labute approximate surface area is 202 Å². The molecule has 0 saturated carbocycles. The minimum absolute atomic E-state index is 0.0204. The first-order chi connectivity index (χ1) is 15.8. The van der Waals surface area contributed by atoms with Crippen molar-refractivity contribution < 1.29 is 28.7 Å². The third-order valence-electron chi connectivity index (χ3n) is 5.00. The van der Waals surface area contributed by atoms with Gasteiger partial charge in [-0.3, -0.25) is 14.4 Å². The van der Waals surface area contributed by atoms with Crippen LogP contribution in [0.4, 0.5) is 4.79 Å². The maximum atomic E-state index is 13.5. The van der Waals surface area contributed by atoms with E-state index < -0.39 is 41.6 Å². The summed E-state index contributed by atoms with van der Waals surface area (Å²) in [5.74, 6) is -1.54. The van der Waals surface area contributed by atoms with E-state index in [9.17, 15) is 19.2 Å². The van der Waals surface area contributed by atoms with Crippen LogP contribution in [0.25, 0.3) is 0 Å². The van der Waals surface area contributed by atoms with Gasteiger partial charge in [0.05, 0.1) is 13.0 Å². The van der Waals surface area contributed by atoms with E-state index in [0.29, 0.717) is 5.56 Å². The van der Waals surface area contributed by atoms with Gasteiger partial charge in [0.25, 0.3) is 0 Å². The molecule has 0 radical (unpaired) electrons. The molecule has 0 fully saturated rings. The normalized spacial score (nSPS) is 13.0. The van der Waals surface area contributed by atoms with Crippen LogP contribution in [0.2, 0.25) is 0 Å². The first-order valence-corrected chi connectivity index (χ1v) is 11.5. The number of carbonyl (C=O) groups is 4. The van der Waals surface area contributed by atoms with Gasteiger partial charge in [-0.05, 0) is 51.7 Å². The second-order valence-electron chi connectivity index (χ2n) is 9.42. The van der Waals surface area contributed by atoms with Crippen molar-refractivity contribution in [2.45, 2.75) is 72.6 Å². The Hall–Kier alpha value is -3.10. The van der Waals surface area contributed by atoms with Crippen LogP contribution < -0.4 is 10.6 Å². The smallest absolute Gasteiger partial charge is 0.408 e. The van der Waals surface area contributed by atoms with E-state index in [1.165, 1.54) is 11.9 Å². The maximum Gasteiger partial charge on any atom is 0.408 e. The highest BCUT2D eigenvalue weighted by Gasteiger charge is 2.35. The largest absolute Gasteiger partial charge is 0.466 e. The maximum absolute atomic E-state index is 13.5.